The van der Waals surface area contributed by atoms with E-state index in [0.29, 0.717) is 12.2 Å². The fourth-order valence-electron chi connectivity index (χ4n) is 2.58. The molecule has 0 aliphatic carbocycles. The summed E-state index contributed by atoms with van der Waals surface area (Å²) in [5.41, 5.74) is -0.350. The summed E-state index contributed by atoms with van der Waals surface area (Å²) >= 11 is 2.33. The van der Waals surface area contributed by atoms with E-state index >= 15 is 0 Å². The van der Waals surface area contributed by atoms with E-state index in [2.05, 4.69) is 20.8 Å². The number of thioether (sulfide) groups is 1. The lowest BCUT2D eigenvalue weighted by atomic mass is 10.0. The summed E-state index contributed by atoms with van der Waals surface area (Å²) in [7, 11) is 0. The highest BCUT2D eigenvalue weighted by Gasteiger charge is 2.53. The van der Waals surface area contributed by atoms with E-state index in [1.165, 1.54) is 23.2 Å². The van der Waals surface area contributed by atoms with Gasteiger partial charge in [-0.05, 0) is 6.08 Å². The second-order valence-corrected chi connectivity index (χ2v) is 7.46. The molecule has 1 saturated heterocycles. The van der Waals surface area contributed by atoms with Gasteiger partial charge in [-0.1, -0.05) is 5.16 Å². The fourth-order valence-corrected chi connectivity index (χ4v) is 4.43. The van der Waals surface area contributed by atoms with Crippen molar-refractivity contribution in [2.45, 2.75) is 11.4 Å². The molecule has 2 aliphatic rings. The number of carboxylic acid groups (broad SMARTS) is 1. The highest BCUT2D eigenvalue weighted by Crippen LogP contribution is 2.37. The Balaban J connectivity index is 1.77. The zero-order valence-corrected chi connectivity index (χ0v) is 16.0. The number of carbonyl (C=O) groups is 4. The van der Waals surface area contributed by atoms with E-state index in [4.69, 9.17) is 10.1 Å². The first-order chi connectivity index (χ1) is 14.0. The van der Waals surface area contributed by atoms with Gasteiger partial charge in [0, 0.05) is 11.1 Å². The number of thiazole rings is 1. The van der Waals surface area contributed by atoms with E-state index in [1.54, 1.807) is 6.07 Å². The molecule has 1 aromatic heterocycles. The second-order valence-electron chi connectivity index (χ2n) is 5.45. The fraction of sp³-hybridized carbons (Fsp3) is 0.267. The molecule has 2 atom stereocenters. The largest absolute Gasteiger partial charge is 0.477 e. The number of hydrogen-bond acceptors (Lipinski definition) is 10. The molecule has 0 aromatic carbocycles. The van der Waals surface area contributed by atoms with Crippen molar-refractivity contribution >= 4 is 58.1 Å². The Bertz CT molecular complexity index is 967. The number of rotatable bonds is 8. The number of carboxylic acids is 1. The molecule has 1 aromatic rings. The number of aliphatic carboxylic acids is 1. The van der Waals surface area contributed by atoms with Gasteiger partial charge >= 0.3 is 5.97 Å². The van der Waals surface area contributed by atoms with Crippen LogP contribution in [0.3, 0.4) is 0 Å². The highest BCUT2D eigenvalue weighted by atomic mass is 32.2. The number of nitrogens with zero attached hydrogens (tertiary/aromatic N) is 4. The van der Waals surface area contributed by atoms with Gasteiger partial charge in [-0.15, -0.1) is 23.1 Å². The number of nitrogens with one attached hydrogen (secondary N) is 2. The summed E-state index contributed by atoms with van der Waals surface area (Å²) in [6.07, 6.45) is 1.85. The number of hydrogen-bond donors (Lipinski definition) is 3. The summed E-state index contributed by atoms with van der Waals surface area (Å²) in [5, 5.41) is 27.3. The number of carbonyl (C=O) groups excluding carboxylic acids is 3. The summed E-state index contributed by atoms with van der Waals surface area (Å²) in [5.74, 6) is -2.21. The lowest BCUT2D eigenvalue weighted by Crippen LogP contribution is -2.70. The molecule has 12 nitrogen and oxygen atoms in total. The molecule has 0 radical (unpaired) electrons. The van der Waals surface area contributed by atoms with Crippen LogP contribution < -0.4 is 10.6 Å². The third-order valence-electron chi connectivity index (χ3n) is 3.78. The lowest BCUT2D eigenvalue weighted by Gasteiger charge is -2.48. The lowest BCUT2D eigenvalue weighted by molar-refractivity contribution is -0.150. The standard InChI is InChI=1S/C15H12N6O6S2/c16-2-3-27-20-9(7-5-29-15(18-7)17-6-22)11(23)19-10-12(24)21-8(14(25)26)1-4-28-13(10)21/h1,5-6,10,13H,3-4H2,(H,19,23)(H,25,26)(H,17,18,22)/t10?,13-/m0/s1. The van der Waals surface area contributed by atoms with Crippen LogP contribution in [0.5, 0.6) is 0 Å². The maximum absolute atomic E-state index is 12.7. The predicted molar refractivity (Wildman–Crippen MR) is 101 cm³/mol. The smallest absolute Gasteiger partial charge is 0.352 e. The molecular weight excluding hydrogens is 424 g/mol. The van der Waals surface area contributed by atoms with Gasteiger partial charge in [0.15, 0.2) is 10.8 Å². The van der Waals surface area contributed by atoms with Gasteiger partial charge in [0.2, 0.25) is 13.0 Å². The average molecular weight is 436 g/mol. The van der Waals surface area contributed by atoms with Crippen LogP contribution >= 0.6 is 23.1 Å². The van der Waals surface area contributed by atoms with Crippen LogP contribution in [-0.2, 0) is 24.0 Å². The van der Waals surface area contributed by atoms with Crippen LogP contribution in [0.25, 0.3) is 0 Å². The Morgan fingerprint density at radius 1 is 1.55 bits per heavy atom. The summed E-state index contributed by atoms with van der Waals surface area (Å²) < 4.78 is 0. The Kier molecular flexibility index (Phi) is 6.10. The zero-order chi connectivity index (χ0) is 21.0. The number of oxime groups is 1. The molecule has 3 heterocycles. The zero-order valence-electron chi connectivity index (χ0n) is 14.4. The summed E-state index contributed by atoms with van der Waals surface area (Å²) in [6.45, 7) is -0.415. The molecule has 0 spiro atoms. The SMILES string of the molecule is N#CCON=C(C(=O)NC1C(=O)N2C(C(=O)O)=CCS[C@@H]12)c1csc(NC=O)n1. The molecule has 29 heavy (non-hydrogen) atoms. The molecule has 2 aliphatic heterocycles. The van der Waals surface area contributed by atoms with Gasteiger partial charge in [-0.25, -0.2) is 9.78 Å². The topological polar surface area (TPSA) is 174 Å². The maximum Gasteiger partial charge on any atom is 0.352 e. The predicted octanol–water partition coefficient (Wildman–Crippen LogP) is -0.676. The molecule has 1 fully saturated rings. The number of fused-ring (bicyclic) bond motifs is 1. The van der Waals surface area contributed by atoms with Gasteiger partial charge in [0.1, 0.15) is 28.9 Å². The molecule has 0 bridgehead atoms. The molecule has 3 amide bonds. The monoisotopic (exact) mass is 436 g/mol. The number of aromatic nitrogens is 1. The van der Waals surface area contributed by atoms with Crippen molar-refractivity contribution in [3.63, 3.8) is 0 Å². The molecule has 3 N–H and O–H groups in total. The van der Waals surface area contributed by atoms with Crippen molar-refractivity contribution in [1.82, 2.24) is 15.2 Å². The van der Waals surface area contributed by atoms with E-state index in [1.807, 2.05) is 0 Å². The highest BCUT2D eigenvalue weighted by molar-refractivity contribution is 8.00. The van der Waals surface area contributed by atoms with Crippen LogP contribution in [-0.4, -0.2) is 68.7 Å². The van der Waals surface area contributed by atoms with Gasteiger partial charge in [0.25, 0.3) is 11.8 Å². The quantitative estimate of drug-likeness (QED) is 0.157. The Morgan fingerprint density at radius 2 is 2.34 bits per heavy atom. The van der Waals surface area contributed by atoms with Crippen molar-refractivity contribution in [3.8, 4) is 6.07 Å². The van der Waals surface area contributed by atoms with Crippen LogP contribution in [0, 0.1) is 11.3 Å². The van der Waals surface area contributed by atoms with Gasteiger partial charge in [-0.2, -0.15) is 5.26 Å². The number of nitriles is 1. The van der Waals surface area contributed by atoms with Crippen LogP contribution in [0.2, 0.25) is 0 Å². The molecule has 150 valence electrons. The first-order valence-corrected chi connectivity index (χ1v) is 9.82. The first kappa shape index (κ1) is 20.3. The Hall–Kier alpha value is -3.44. The molecule has 1 unspecified atom stereocenters. The molecule has 3 rings (SSSR count). The van der Waals surface area contributed by atoms with Gasteiger partial charge in [-0.3, -0.25) is 19.3 Å². The second kappa shape index (κ2) is 8.71. The normalized spacial score (nSPS) is 20.5. The van der Waals surface area contributed by atoms with Crippen LogP contribution in [0.4, 0.5) is 5.13 Å². The van der Waals surface area contributed by atoms with Crippen LogP contribution in [0.15, 0.2) is 22.3 Å². The minimum atomic E-state index is -1.22. The maximum atomic E-state index is 12.7. The van der Waals surface area contributed by atoms with E-state index in [9.17, 15) is 24.3 Å². The van der Waals surface area contributed by atoms with Crippen molar-refractivity contribution in [2.75, 3.05) is 17.7 Å². The number of anilines is 1. The Labute approximate surface area is 171 Å². The number of β-lactam (4-membered cyclic amide) rings is 1. The van der Waals surface area contributed by atoms with Gasteiger partial charge in [0.05, 0.1) is 0 Å². The first-order valence-electron chi connectivity index (χ1n) is 7.90. The molecule has 14 heteroatoms. The molecular formula is C15H12N6O6S2. The van der Waals surface area contributed by atoms with E-state index < -0.39 is 35.8 Å². The number of amides is 3. The van der Waals surface area contributed by atoms with Crippen molar-refractivity contribution in [2.24, 2.45) is 5.16 Å². The average Bonchev–Trinajstić information content (AvgIpc) is 3.16. The minimum Gasteiger partial charge on any atom is -0.477 e. The minimum absolute atomic E-state index is 0.0702. The van der Waals surface area contributed by atoms with Crippen molar-refractivity contribution < 1.29 is 29.1 Å². The van der Waals surface area contributed by atoms with Crippen molar-refractivity contribution in [1.29, 1.82) is 5.26 Å². The van der Waals surface area contributed by atoms with E-state index in [-0.39, 0.29) is 22.2 Å². The van der Waals surface area contributed by atoms with E-state index in [0.717, 1.165) is 16.2 Å². The third kappa shape index (κ3) is 4.05. The van der Waals surface area contributed by atoms with Crippen LogP contribution in [0.1, 0.15) is 5.69 Å². The summed E-state index contributed by atoms with van der Waals surface area (Å²) in [6, 6.07) is 0.743. The molecule has 0 saturated carbocycles. The van der Waals surface area contributed by atoms with Gasteiger partial charge < -0.3 is 20.6 Å². The van der Waals surface area contributed by atoms with Crippen molar-refractivity contribution in [3.05, 3.63) is 22.8 Å². The third-order valence-corrected chi connectivity index (χ3v) is 5.74. The Morgan fingerprint density at radius 3 is 3.03 bits per heavy atom. The summed E-state index contributed by atoms with van der Waals surface area (Å²) in [4.78, 5) is 56.7.